The predicted molar refractivity (Wildman–Crippen MR) is 69.8 cm³/mol. The molecule has 4 nitrogen and oxygen atoms in total. The summed E-state index contributed by atoms with van der Waals surface area (Å²) in [6, 6.07) is 8.11. The van der Waals surface area contributed by atoms with Gasteiger partial charge < -0.3 is 10.5 Å². The zero-order valence-electron chi connectivity index (χ0n) is 10.1. The Bertz CT molecular complexity index is 533. The second kappa shape index (κ2) is 5.49. The highest BCUT2D eigenvalue weighted by molar-refractivity contribution is 6.51. The molecule has 0 fully saturated rings. The maximum atomic E-state index is 12.8. The molecule has 0 saturated heterocycles. The first-order valence-corrected chi connectivity index (χ1v) is 5.67. The first-order chi connectivity index (χ1) is 8.69. The molecule has 0 aliphatic carbocycles. The predicted octanol–water partition coefficient (Wildman–Crippen LogP) is 0.887. The van der Waals surface area contributed by atoms with Crippen molar-refractivity contribution < 1.29 is 9.13 Å². The average Bonchev–Trinajstić information content (AvgIpc) is 2.41. The van der Waals surface area contributed by atoms with E-state index in [2.05, 4.69) is 16.8 Å². The third-order valence-electron chi connectivity index (χ3n) is 2.55. The van der Waals surface area contributed by atoms with E-state index < -0.39 is 5.82 Å². The van der Waals surface area contributed by atoms with Crippen LogP contribution in [0.1, 0.15) is 5.56 Å². The number of nitrogen functional groups attached to an aromatic ring is 1. The molecular formula is C12H13BFN3O. The number of rotatable bonds is 4. The number of nitrogens with zero attached hydrogens (tertiary/aromatic N) is 2. The van der Waals surface area contributed by atoms with E-state index in [-0.39, 0.29) is 11.8 Å². The second-order valence-corrected chi connectivity index (χ2v) is 3.84. The summed E-state index contributed by atoms with van der Waals surface area (Å²) in [4.78, 5) is 7.39. The average molecular weight is 245 g/mol. The van der Waals surface area contributed by atoms with Crippen LogP contribution in [-0.4, -0.2) is 17.2 Å². The van der Waals surface area contributed by atoms with Gasteiger partial charge in [-0.15, -0.1) is 0 Å². The number of hydrogen-bond acceptors (Lipinski definition) is 4. The van der Waals surface area contributed by atoms with Gasteiger partial charge in [0.1, 0.15) is 6.61 Å². The lowest BCUT2D eigenvalue weighted by atomic mass is 9.73. The highest BCUT2D eigenvalue weighted by Crippen LogP contribution is 2.10. The lowest BCUT2D eigenvalue weighted by Gasteiger charge is -2.05. The fourth-order valence-corrected chi connectivity index (χ4v) is 1.45. The number of hydrogen-bond donors (Lipinski definition) is 1. The van der Waals surface area contributed by atoms with Crippen molar-refractivity contribution in [2.75, 3.05) is 5.73 Å². The van der Waals surface area contributed by atoms with Crippen molar-refractivity contribution in [2.45, 2.75) is 13.4 Å². The SMILES string of the molecule is CBc1ccc(COc2ncc(F)c(N)n2)cc1. The molecule has 1 heterocycles. The number of aromatic nitrogens is 2. The van der Waals surface area contributed by atoms with Crippen molar-refractivity contribution in [1.82, 2.24) is 9.97 Å². The fourth-order valence-electron chi connectivity index (χ4n) is 1.45. The Kier molecular flexibility index (Phi) is 3.77. The molecule has 0 unspecified atom stereocenters. The summed E-state index contributed by atoms with van der Waals surface area (Å²) < 4.78 is 18.2. The minimum absolute atomic E-state index is 0.0773. The minimum Gasteiger partial charge on any atom is -0.459 e. The van der Waals surface area contributed by atoms with Crippen molar-refractivity contribution in [3.05, 3.63) is 41.8 Å². The lowest BCUT2D eigenvalue weighted by molar-refractivity contribution is 0.280. The Morgan fingerprint density at radius 3 is 2.67 bits per heavy atom. The Labute approximate surface area is 105 Å². The maximum Gasteiger partial charge on any atom is 0.318 e. The third-order valence-corrected chi connectivity index (χ3v) is 2.55. The van der Waals surface area contributed by atoms with Crippen LogP contribution in [0.25, 0.3) is 0 Å². The van der Waals surface area contributed by atoms with Gasteiger partial charge in [0, 0.05) is 0 Å². The Balaban J connectivity index is 1.99. The largest absolute Gasteiger partial charge is 0.459 e. The maximum absolute atomic E-state index is 12.8. The monoisotopic (exact) mass is 245 g/mol. The van der Waals surface area contributed by atoms with Gasteiger partial charge in [-0.05, 0) is 5.56 Å². The van der Waals surface area contributed by atoms with E-state index in [1.54, 1.807) is 0 Å². The molecule has 0 radical (unpaired) electrons. The zero-order valence-corrected chi connectivity index (χ0v) is 10.1. The normalized spacial score (nSPS) is 10.1. The summed E-state index contributed by atoms with van der Waals surface area (Å²) in [6.45, 7) is 2.43. The Hall–Kier alpha value is -2.11. The molecule has 0 atom stereocenters. The number of halogens is 1. The highest BCUT2D eigenvalue weighted by atomic mass is 19.1. The zero-order chi connectivity index (χ0) is 13.0. The van der Waals surface area contributed by atoms with E-state index in [9.17, 15) is 4.39 Å². The molecule has 2 N–H and O–H groups in total. The molecule has 92 valence electrons. The molecule has 1 aromatic heterocycles. The number of benzene rings is 1. The van der Waals surface area contributed by atoms with Gasteiger partial charge in [-0.25, -0.2) is 9.37 Å². The standard InChI is InChI=1S/C12H13BFN3O/c1-13-9-4-2-8(3-5-9)7-18-12-16-6-10(14)11(15)17-12/h2-6,13H,7H2,1H3,(H2,15,16,17). The molecule has 6 heteroatoms. The molecule has 1 aromatic carbocycles. The quantitative estimate of drug-likeness (QED) is 0.812. The first-order valence-electron chi connectivity index (χ1n) is 5.67. The van der Waals surface area contributed by atoms with Crippen LogP contribution in [-0.2, 0) is 6.61 Å². The molecule has 2 aromatic rings. The minimum atomic E-state index is -0.644. The molecule has 0 saturated carbocycles. The van der Waals surface area contributed by atoms with Gasteiger partial charge in [0.15, 0.2) is 18.9 Å². The molecule has 0 amide bonds. The van der Waals surface area contributed by atoms with Gasteiger partial charge in [-0.1, -0.05) is 36.6 Å². The van der Waals surface area contributed by atoms with Crippen LogP contribution in [0, 0.1) is 5.82 Å². The third kappa shape index (κ3) is 2.97. The molecule has 18 heavy (non-hydrogen) atoms. The van der Waals surface area contributed by atoms with Gasteiger partial charge in [-0.2, -0.15) is 4.98 Å². The van der Waals surface area contributed by atoms with Gasteiger partial charge in [0.2, 0.25) is 0 Å². The summed E-state index contributed by atoms with van der Waals surface area (Å²) in [7, 11) is 0.999. The summed E-state index contributed by atoms with van der Waals surface area (Å²) >= 11 is 0. The summed E-state index contributed by atoms with van der Waals surface area (Å²) in [5, 5.41) is 0. The van der Waals surface area contributed by atoms with Crippen molar-refractivity contribution in [3.8, 4) is 6.01 Å². The summed E-state index contributed by atoms with van der Waals surface area (Å²) in [6.07, 6.45) is 0.998. The number of ether oxygens (including phenoxy) is 1. The molecule has 2 rings (SSSR count). The highest BCUT2D eigenvalue weighted by Gasteiger charge is 2.04. The lowest BCUT2D eigenvalue weighted by Crippen LogP contribution is -2.10. The van der Waals surface area contributed by atoms with Gasteiger partial charge in [-0.3, -0.25) is 0 Å². The molecule has 0 spiro atoms. The second-order valence-electron chi connectivity index (χ2n) is 3.84. The Morgan fingerprint density at radius 1 is 1.33 bits per heavy atom. The van der Waals surface area contributed by atoms with Crippen LogP contribution >= 0.6 is 0 Å². The smallest absolute Gasteiger partial charge is 0.318 e. The van der Waals surface area contributed by atoms with E-state index in [4.69, 9.17) is 10.5 Å². The van der Waals surface area contributed by atoms with Crippen LogP contribution in [0.4, 0.5) is 10.2 Å². The number of nitrogens with two attached hydrogens (primary N) is 1. The van der Waals surface area contributed by atoms with E-state index >= 15 is 0 Å². The van der Waals surface area contributed by atoms with Crippen molar-refractivity contribution in [1.29, 1.82) is 0 Å². The van der Waals surface area contributed by atoms with Crippen LogP contribution < -0.4 is 15.9 Å². The van der Waals surface area contributed by atoms with Crippen LogP contribution in [0.15, 0.2) is 30.5 Å². The van der Waals surface area contributed by atoms with Gasteiger partial charge in [0.05, 0.1) is 6.20 Å². The van der Waals surface area contributed by atoms with Crippen molar-refractivity contribution >= 4 is 18.6 Å². The van der Waals surface area contributed by atoms with E-state index in [1.807, 2.05) is 24.3 Å². The fraction of sp³-hybridized carbons (Fsp3) is 0.167. The summed E-state index contributed by atoms with van der Waals surface area (Å²) in [5.41, 5.74) is 7.58. The van der Waals surface area contributed by atoms with E-state index in [0.29, 0.717) is 6.61 Å². The topological polar surface area (TPSA) is 61.0 Å². The molecule has 0 aliphatic rings. The first kappa shape index (κ1) is 12.4. The summed E-state index contributed by atoms with van der Waals surface area (Å²) in [5.74, 6) is -0.851. The molecule has 0 aliphatic heterocycles. The number of anilines is 1. The van der Waals surface area contributed by atoms with Crippen LogP contribution in [0.5, 0.6) is 6.01 Å². The molecule has 0 bridgehead atoms. The van der Waals surface area contributed by atoms with Crippen molar-refractivity contribution in [2.24, 2.45) is 0 Å². The van der Waals surface area contributed by atoms with Crippen LogP contribution in [0.3, 0.4) is 0 Å². The molecular weight excluding hydrogens is 232 g/mol. The van der Waals surface area contributed by atoms with Gasteiger partial charge in [0.25, 0.3) is 0 Å². The van der Waals surface area contributed by atoms with Crippen molar-refractivity contribution in [3.63, 3.8) is 0 Å². The van der Waals surface area contributed by atoms with E-state index in [0.717, 1.165) is 19.0 Å². The van der Waals surface area contributed by atoms with E-state index in [1.165, 1.54) is 5.46 Å². The van der Waals surface area contributed by atoms with Crippen LogP contribution in [0.2, 0.25) is 6.82 Å². The Morgan fingerprint density at radius 2 is 2.06 bits per heavy atom. The van der Waals surface area contributed by atoms with Gasteiger partial charge >= 0.3 is 6.01 Å².